The fourth-order valence-corrected chi connectivity index (χ4v) is 3.05. The lowest BCUT2D eigenvalue weighted by molar-refractivity contribution is -0.126. The van der Waals surface area contributed by atoms with E-state index in [1.807, 2.05) is 6.92 Å². The standard InChI is InChI=1S/C13H24N2O2/c1-13(12(14)16,10-7-8-17-9-10)15-11-5-3-2-4-6-11/h10-11,15H,2-9H2,1H3,(H2,14,16). The van der Waals surface area contributed by atoms with Gasteiger partial charge in [-0.3, -0.25) is 4.79 Å². The van der Waals surface area contributed by atoms with Crippen LogP contribution >= 0.6 is 0 Å². The third-order valence-corrected chi connectivity index (χ3v) is 4.37. The molecular weight excluding hydrogens is 216 g/mol. The van der Waals surface area contributed by atoms with Gasteiger partial charge in [0.1, 0.15) is 5.54 Å². The molecule has 3 N–H and O–H groups in total. The lowest BCUT2D eigenvalue weighted by Gasteiger charge is -2.38. The van der Waals surface area contributed by atoms with Gasteiger partial charge in [-0.15, -0.1) is 0 Å². The van der Waals surface area contributed by atoms with Crippen LogP contribution in [-0.2, 0) is 9.53 Å². The molecule has 1 aliphatic heterocycles. The molecule has 0 bridgehead atoms. The Balaban J connectivity index is 2.02. The van der Waals surface area contributed by atoms with Gasteiger partial charge in [-0.2, -0.15) is 0 Å². The van der Waals surface area contributed by atoms with Crippen molar-refractivity contribution >= 4 is 5.91 Å². The van der Waals surface area contributed by atoms with Crippen LogP contribution in [0.1, 0.15) is 45.4 Å². The predicted molar refractivity (Wildman–Crippen MR) is 66.5 cm³/mol. The van der Waals surface area contributed by atoms with Gasteiger partial charge in [0.2, 0.25) is 5.91 Å². The van der Waals surface area contributed by atoms with Crippen molar-refractivity contribution in [3.63, 3.8) is 0 Å². The van der Waals surface area contributed by atoms with Crippen molar-refractivity contribution in [1.29, 1.82) is 0 Å². The number of carbonyl (C=O) groups is 1. The van der Waals surface area contributed by atoms with E-state index < -0.39 is 5.54 Å². The smallest absolute Gasteiger partial charge is 0.237 e. The van der Waals surface area contributed by atoms with Crippen LogP contribution in [0.5, 0.6) is 0 Å². The number of ether oxygens (including phenoxy) is 1. The van der Waals surface area contributed by atoms with E-state index in [9.17, 15) is 4.79 Å². The van der Waals surface area contributed by atoms with E-state index in [2.05, 4.69) is 5.32 Å². The number of carbonyl (C=O) groups excluding carboxylic acids is 1. The highest BCUT2D eigenvalue weighted by Crippen LogP contribution is 2.28. The Labute approximate surface area is 103 Å². The molecule has 2 aliphatic rings. The van der Waals surface area contributed by atoms with Crippen molar-refractivity contribution in [2.24, 2.45) is 11.7 Å². The third-order valence-electron chi connectivity index (χ3n) is 4.37. The van der Waals surface area contributed by atoms with E-state index >= 15 is 0 Å². The number of hydrogen-bond donors (Lipinski definition) is 2. The van der Waals surface area contributed by atoms with Gasteiger partial charge in [-0.25, -0.2) is 0 Å². The molecule has 0 radical (unpaired) electrons. The quantitative estimate of drug-likeness (QED) is 0.776. The van der Waals surface area contributed by atoms with E-state index in [0.717, 1.165) is 25.9 Å². The Kier molecular flexibility index (Phi) is 4.05. The van der Waals surface area contributed by atoms with E-state index in [1.165, 1.54) is 19.3 Å². The average molecular weight is 240 g/mol. The molecule has 0 spiro atoms. The zero-order valence-electron chi connectivity index (χ0n) is 10.7. The van der Waals surface area contributed by atoms with E-state index in [4.69, 9.17) is 10.5 Å². The maximum Gasteiger partial charge on any atom is 0.237 e. The number of primary amides is 1. The summed E-state index contributed by atoms with van der Waals surface area (Å²) in [5, 5.41) is 3.52. The first-order valence-corrected chi connectivity index (χ1v) is 6.78. The number of nitrogens with two attached hydrogens (primary N) is 1. The second kappa shape index (κ2) is 5.36. The summed E-state index contributed by atoms with van der Waals surface area (Å²) in [6, 6.07) is 0.446. The number of hydrogen-bond acceptors (Lipinski definition) is 3. The summed E-state index contributed by atoms with van der Waals surface area (Å²) >= 11 is 0. The largest absolute Gasteiger partial charge is 0.381 e. The minimum absolute atomic E-state index is 0.224. The second-order valence-electron chi connectivity index (χ2n) is 5.61. The minimum atomic E-state index is -0.599. The molecule has 4 heteroatoms. The molecule has 2 unspecified atom stereocenters. The number of amides is 1. The normalized spacial score (nSPS) is 30.1. The molecular formula is C13H24N2O2. The van der Waals surface area contributed by atoms with Gasteiger partial charge in [0, 0.05) is 18.6 Å². The first-order valence-electron chi connectivity index (χ1n) is 6.78. The predicted octanol–water partition coefficient (Wildman–Crippen LogP) is 1.19. The van der Waals surface area contributed by atoms with Crippen molar-refractivity contribution in [3.8, 4) is 0 Å². The Morgan fingerprint density at radius 3 is 2.53 bits per heavy atom. The molecule has 0 aromatic heterocycles. The van der Waals surface area contributed by atoms with Crippen LogP contribution in [0.3, 0.4) is 0 Å². The van der Waals surface area contributed by atoms with Crippen LogP contribution in [0.4, 0.5) is 0 Å². The maximum absolute atomic E-state index is 11.8. The molecule has 0 aromatic rings. The van der Waals surface area contributed by atoms with Crippen LogP contribution in [0.15, 0.2) is 0 Å². The monoisotopic (exact) mass is 240 g/mol. The van der Waals surface area contributed by atoms with Crippen molar-refractivity contribution in [2.45, 2.75) is 57.0 Å². The molecule has 1 aliphatic carbocycles. The minimum Gasteiger partial charge on any atom is -0.381 e. The van der Waals surface area contributed by atoms with E-state index in [0.29, 0.717) is 12.6 Å². The Bertz CT molecular complexity index is 271. The summed E-state index contributed by atoms with van der Waals surface area (Å²) in [6.45, 7) is 3.35. The number of rotatable bonds is 4. The molecule has 2 fully saturated rings. The number of nitrogens with one attached hydrogen (secondary N) is 1. The van der Waals surface area contributed by atoms with Gasteiger partial charge in [-0.1, -0.05) is 19.3 Å². The zero-order valence-corrected chi connectivity index (χ0v) is 10.7. The fraction of sp³-hybridized carbons (Fsp3) is 0.923. The van der Waals surface area contributed by atoms with Gasteiger partial charge < -0.3 is 15.8 Å². The summed E-state index contributed by atoms with van der Waals surface area (Å²) in [7, 11) is 0. The van der Waals surface area contributed by atoms with Crippen molar-refractivity contribution in [2.75, 3.05) is 13.2 Å². The highest BCUT2D eigenvalue weighted by molar-refractivity contribution is 5.84. The summed E-state index contributed by atoms with van der Waals surface area (Å²) in [4.78, 5) is 11.8. The Morgan fingerprint density at radius 1 is 1.29 bits per heavy atom. The molecule has 2 atom stereocenters. The van der Waals surface area contributed by atoms with Crippen LogP contribution in [0, 0.1) is 5.92 Å². The molecule has 1 saturated heterocycles. The van der Waals surface area contributed by atoms with Crippen LogP contribution < -0.4 is 11.1 Å². The van der Waals surface area contributed by atoms with Crippen molar-refractivity contribution in [1.82, 2.24) is 5.32 Å². The van der Waals surface area contributed by atoms with Crippen LogP contribution in [0.25, 0.3) is 0 Å². The molecule has 1 saturated carbocycles. The maximum atomic E-state index is 11.8. The average Bonchev–Trinajstić information content (AvgIpc) is 2.84. The lowest BCUT2D eigenvalue weighted by atomic mass is 9.82. The van der Waals surface area contributed by atoms with E-state index in [-0.39, 0.29) is 11.8 Å². The summed E-state index contributed by atoms with van der Waals surface area (Å²) in [5.74, 6) is -0.0134. The lowest BCUT2D eigenvalue weighted by Crippen LogP contribution is -2.61. The summed E-state index contributed by atoms with van der Waals surface area (Å²) in [5.41, 5.74) is 5.01. The fourth-order valence-electron chi connectivity index (χ4n) is 3.05. The molecule has 2 rings (SSSR count). The second-order valence-corrected chi connectivity index (χ2v) is 5.61. The topological polar surface area (TPSA) is 64.3 Å². The third kappa shape index (κ3) is 2.80. The zero-order chi connectivity index (χ0) is 12.3. The highest BCUT2D eigenvalue weighted by atomic mass is 16.5. The summed E-state index contributed by atoms with van der Waals surface area (Å²) in [6.07, 6.45) is 7.09. The molecule has 17 heavy (non-hydrogen) atoms. The molecule has 1 heterocycles. The van der Waals surface area contributed by atoms with Crippen LogP contribution in [-0.4, -0.2) is 30.7 Å². The van der Waals surface area contributed by atoms with Gasteiger partial charge in [0.05, 0.1) is 6.61 Å². The molecule has 98 valence electrons. The highest BCUT2D eigenvalue weighted by Gasteiger charge is 2.42. The SMILES string of the molecule is CC(NC1CCCCC1)(C(N)=O)C1CCOC1. The molecule has 4 nitrogen and oxygen atoms in total. The Hall–Kier alpha value is -0.610. The first kappa shape index (κ1) is 12.8. The van der Waals surface area contributed by atoms with Gasteiger partial charge >= 0.3 is 0 Å². The van der Waals surface area contributed by atoms with Gasteiger partial charge in [-0.05, 0) is 26.2 Å². The van der Waals surface area contributed by atoms with Gasteiger partial charge in [0.15, 0.2) is 0 Å². The molecule has 1 amide bonds. The summed E-state index contributed by atoms with van der Waals surface area (Å²) < 4.78 is 5.39. The van der Waals surface area contributed by atoms with E-state index in [1.54, 1.807) is 0 Å². The molecule has 0 aromatic carbocycles. The van der Waals surface area contributed by atoms with Crippen molar-refractivity contribution in [3.05, 3.63) is 0 Å². The van der Waals surface area contributed by atoms with Crippen LogP contribution in [0.2, 0.25) is 0 Å². The first-order chi connectivity index (χ1) is 8.13. The van der Waals surface area contributed by atoms with Gasteiger partial charge in [0.25, 0.3) is 0 Å². The van der Waals surface area contributed by atoms with Crippen molar-refractivity contribution < 1.29 is 9.53 Å². The Morgan fingerprint density at radius 2 is 2.00 bits per heavy atom.